The van der Waals surface area contributed by atoms with Gasteiger partial charge in [-0.05, 0) is 77.8 Å². The number of hydrogen-bond donors (Lipinski definition) is 0. The Hall–Kier alpha value is -1.83. The first-order valence-electron chi connectivity index (χ1n) is 9.41. The summed E-state index contributed by atoms with van der Waals surface area (Å²) in [7, 11) is 0. The molecule has 0 aromatic heterocycles. The van der Waals surface area contributed by atoms with Gasteiger partial charge in [-0.1, -0.05) is 47.9 Å². The number of carbonyl (C=O) groups is 1. The molecule has 1 rings (SSSR count). The average Bonchev–Trinajstić information content (AvgIpc) is 2.55. The second kappa shape index (κ2) is 11.7. The first-order chi connectivity index (χ1) is 11.9. The SMILES string of the molecule is CC(C)=CCC/C(C)=C/CC[C@H](C)CCOC(=O)c1ccc(C)cc1. The number of aryl methyl sites for hydroxylation is 1. The van der Waals surface area contributed by atoms with E-state index in [0.29, 0.717) is 18.1 Å². The lowest BCUT2D eigenvalue weighted by atomic mass is 10.0. The molecule has 0 bridgehead atoms. The van der Waals surface area contributed by atoms with E-state index in [4.69, 9.17) is 4.74 Å². The Morgan fingerprint density at radius 1 is 1.04 bits per heavy atom. The second-order valence-corrected chi connectivity index (χ2v) is 7.34. The van der Waals surface area contributed by atoms with Crippen molar-refractivity contribution in [1.82, 2.24) is 0 Å². The van der Waals surface area contributed by atoms with Gasteiger partial charge >= 0.3 is 5.97 Å². The molecule has 25 heavy (non-hydrogen) atoms. The van der Waals surface area contributed by atoms with E-state index >= 15 is 0 Å². The summed E-state index contributed by atoms with van der Waals surface area (Å²) in [5.74, 6) is 0.342. The van der Waals surface area contributed by atoms with Crippen LogP contribution in [-0.2, 0) is 4.74 Å². The minimum Gasteiger partial charge on any atom is -0.462 e. The summed E-state index contributed by atoms with van der Waals surface area (Å²) in [6.07, 6.45) is 10.1. The molecule has 0 aliphatic heterocycles. The fourth-order valence-electron chi connectivity index (χ4n) is 2.57. The highest BCUT2D eigenvalue weighted by atomic mass is 16.5. The average molecular weight is 343 g/mol. The number of ether oxygens (including phenoxy) is 1. The van der Waals surface area contributed by atoms with E-state index in [9.17, 15) is 4.79 Å². The summed E-state index contributed by atoms with van der Waals surface area (Å²) in [5.41, 5.74) is 4.64. The zero-order chi connectivity index (χ0) is 18.7. The molecule has 0 spiro atoms. The standard InChI is InChI=1S/C23H34O2/c1-18(2)8-6-9-19(3)10-7-11-20(4)16-17-25-23(24)22-14-12-21(5)13-15-22/h8,10,12-15,20H,6-7,9,11,16-17H2,1-5H3/b19-10+/t20-/m0/s1. The van der Waals surface area contributed by atoms with Crippen molar-refractivity contribution in [3.8, 4) is 0 Å². The third kappa shape index (κ3) is 9.91. The zero-order valence-electron chi connectivity index (χ0n) is 16.6. The maximum Gasteiger partial charge on any atom is 0.338 e. The van der Waals surface area contributed by atoms with Crippen LogP contribution in [0.4, 0.5) is 0 Å². The maximum absolute atomic E-state index is 12.0. The predicted molar refractivity (Wildman–Crippen MR) is 107 cm³/mol. The lowest BCUT2D eigenvalue weighted by Crippen LogP contribution is -2.09. The van der Waals surface area contributed by atoms with Crippen LogP contribution >= 0.6 is 0 Å². The molecular formula is C23H34O2. The van der Waals surface area contributed by atoms with E-state index in [1.807, 2.05) is 31.2 Å². The van der Waals surface area contributed by atoms with Gasteiger partial charge in [-0.25, -0.2) is 4.79 Å². The van der Waals surface area contributed by atoms with Crippen LogP contribution in [0, 0.1) is 12.8 Å². The van der Waals surface area contributed by atoms with Crippen LogP contribution in [0.2, 0.25) is 0 Å². The van der Waals surface area contributed by atoms with Crippen molar-refractivity contribution >= 4 is 5.97 Å². The van der Waals surface area contributed by atoms with Crippen LogP contribution in [0.1, 0.15) is 75.7 Å². The van der Waals surface area contributed by atoms with E-state index in [-0.39, 0.29) is 5.97 Å². The summed E-state index contributed by atoms with van der Waals surface area (Å²) in [4.78, 5) is 12.0. The van der Waals surface area contributed by atoms with Crippen LogP contribution in [0.25, 0.3) is 0 Å². The van der Waals surface area contributed by atoms with Gasteiger partial charge in [0.25, 0.3) is 0 Å². The highest BCUT2D eigenvalue weighted by molar-refractivity contribution is 5.89. The van der Waals surface area contributed by atoms with Crippen molar-refractivity contribution in [2.45, 2.75) is 66.7 Å². The van der Waals surface area contributed by atoms with Crippen molar-refractivity contribution in [3.05, 3.63) is 58.7 Å². The van der Waals surface area contributed by atoms with E-state index in [2.05, 4.69) is 39.8 Å². The van der Waals surface area contributed by atoms with E-state index in [1.54, 1.807) is 0 Å². The first kappa shape index (κ1) is 21.2. The Morgan fingerprint density at radius 2 is 1.72 bits per heavy atom. The Bertz CT molecular complexity index is 575. The largest absolute Gasteiger partial charge is 0.462 e. The van der Waals surface area contributed by atoms with E-state index < -0.39 is 0 Å². The molecule has 0 N–H and O–H groups in total. The fourth-order valence-corrected chi connectivity index (χ4v) is 2.57. The summed E-state index contributed by atoms with van der Waals surface area (Å²) < 4.78 is 5.38. The highest BCUT2D eigenvalue weighted by Gasteiger charge is 2.08. The van der Waals surface area contributed by atoms with E-state index in [0.717, 1.165) is 37.7 Å². The van der Waals surface area contributed by atoms with Gasteiger partial charge in [0.05, 0.1) is 12.2 Å². The summed E-state index contributed by atoms with van der Waals surface area (Å²) in [6.45, 7) is 11.2. The first-order valence-corrected chi connectivity index (χ1v) is 9.41. The quantitative estimate of drug-likeness (QED) is 0.351. The minimum atomic E-state index is -0.220. The molecule has 0 unspecified atom stereocenters. The van der Waals surface area contributed by atoms with Gasteiger partial charge < -0.3 is 4.74 Å². The molecule has 1 atom stereocenters. The van der Waals surface area contributed by atoms with Crippen LogP contribution in [0.3, 0.4) is 0 Å². The summed E-state index contributed by atoms with van der Waals surface area (Å²) >= 11 is 0. The van der Waals surface area contributed by atoms with Gasteiger partial charge in [-0.15, -0.1) is 0 Å². The van der Waals surface area contributed by atoms with Crippen molar-refractivity contribution in [3.63, 3.8) is 0 Å². The van der Waals surface area contributed by atoms with Gasteiger partial charge in [0.2, 0.25) is 0 Å². The third-order valence-electron chi connectivity index (χ3n) is 4.37. The lowest BCUT2D eigenvalue weighted by molar-refractivity contribution is 0.0484. The fraction of sp³-hybridized carbons (Fsp3) is 0.522. The molecule has 138 valence electrons. The molecule has 0 fully saturated rings. The van der Waals surface area contributed by atoms with Crippen LogP contribution in [0.15, 0.2) is 47.6 Å². The molecule has 0 radical (unpaired) electrons. The van der Waals surface area contributed by atoms with Gasteiger partial charge in [-0.3, -0.25) is 0 Å². The lowest BCUT2D eigenvalue weighted by Gasteiger charge is -2.11. The maximum atomic E-state index is 12.0. The highest BCUT2D eigenvalue weighted by Crippen LogP contribution is 2.14. The molecule has 0 heterocycles. The summed E-state index contributed by atoms with van der Waals surface area (Å²) in [5, 5.41) is 0. The van der Waals surface area contributed by atoms with Gasteiger partial charge in [0.1, 0.15) is 0 Å². The van der Waals surface area contributed by atoms with E-state index in [1.165, 1.54) is 11.1 Å². The van der Waals surface area contributed by atoms with Crippen LogP contribution < -0.4 is 0 Å². The number of carbonyl (C=O) groups excluding carboxylic acids is 1. The molecule has 0 saturated carbocycles. The van der Waals surface area contributed by atoms with Crippen molar-refractivity contribution in [1.29, 1.82) is 0 Å². The monoisotopic (exact) mass is 342 g/mol. The van der Waals surface area contributed by atoms with Crippen molar-refractivity contribution < 1.29 is 9.53 Å². The van der Waals surface area contributed by atoms with Gasteiger partial charge in [0.15, 0.2) is 0 Å². The van der Waals surface area contributed by atoms with Crippen LogP contribution in [-0.4, -0.2) is 12.6 Å². The zero-order valence-corrected chi connectivity index (χ0v) is 16.6. The molecule has 2 nitrogen and oxygen atoms in total. The predicted octanol–water partition coefficient (Wildman–Crippen LogP) is 6.65. The molecule has 0 aliphatic rings. The normalized spacial score (nSPS) is 12.6. The Balaban J connectivity index is 2.20. The van der Waals surface area contributed by atoms with Crippen molar-refractivity contribution in [2.75, 3.05) is 6.61 Å². The molecule has 2 heteroatoms. The Labute approximate surface area is 154 Å². The van der Waals surface area contributed by atoms with Crippen molar-refractivity contribution in [2.24, 2.45) is 5.92 Å². The number of hydrogen-bond acceptors (Lipinski definition) is 2. The number of allylic oxidation sites excluding steroid dienone is 4. The molecular weight excluding hydrogens is 308 g/mol. The number of rotatable bonds is 10. The van der Waals surface area contributed by atoms with Crippen LogP contribution in [0.5, 0.6) is 0 Å². The Kier molecular flexibility index (Phi) is 9.91. The number of benzene rings is 1. The van der Waals surface area contributed by atoms with Gasteiger partial charge in [-0.2, -0.15) is 0 Å². The Morgan fingerprint density at radius 3 is 2.36 bits per heavy atom. The molecule has 0 amide bonds. The second-order valence-electron chi connectivity index (χ2n) is 7.34. The molecule has 0 aliphatic carbocycles. The summed E-state index contributed by atoms with van der Waals surface area (Å²) in [6, 6.07) is 7.52. The third-order valence-corrected chi connectivity index (χ3v) is 4.37. The number of esters is 1. The topological polar surface area (TPSA) is 26.3 Å². The minimum absolute atomic E-state index is 0.220. The van der Waals surface area contributed by atoms with Gasteiger partial charge in [0, 0.05) is 0 Å². The smallest absolute Gasteiger partial charge is 0.338 e. The molecule has 0 saturated heterocycles. The molecule has 1 aromatic carbocycles. The molecule has 1 aromatic rings.